The number of methoxy groups -OCH3 is 1. The Morgan fingerprint density at radius 3 is 2.25 bits per heavy atom. The van der Waals surface area contributed by atoms with Crippen LogP contribution in [0.15, 0.2) is 78.5 Å². The molecule has 2 amide bonds. The summed E-state index contributed by atoms with van der Waals surface area (Å²) < 4.78 is 32.2. The molecule has 162 valence electrons. The van der Waals surface area contributed by atoms with Crippen molar-refractivity contribution in [1.29, 1.82) is 0 Å². The third-order valence-corrected chi connectivity index (χ3v) is 5.20. The van der Waals surface area contributed by atoms with Crippen LogP contribution in [0.1, 0.15) is 11.1 Å². The summed E-state index contributed by atoms with van der Waals surface area (Å²) >= 11 is 0. The van der Waals surface area contributed by atoms with Gasteiger partial charge in [-0.3, -0.25) is 14.5 Å². The fraction of sp³-hybridized carbons (Fsp3) is 0.120. The molecule has 32 heavy (non-hydrogen) atoms. The quantitative estimate of drug-likeness (QED) is 0.560. The number of carbonyl (C=O) groups is 2. The summed E-state index contributed by atoms with van der Waals surface area (Å²) in [6.07, 6.45) is 0.493. The first kappa shape index (κ1) is 21.2. The van der Waals surface area contributed by atoms with Crippen molar-refractivity contribution < 1.29 is 23.1 Å². The van der Waals surface area contributed by atoms with Gasteiger partial charge in [-0.05, 0) is 41.8 Å². The molecule has 0 radical (unpaired) electrons. The first-order valence-corrected chi connectivity index (χ1v) is 9.99. The topological polar surface area (TPSA) is 58.6 Å². The van der Waals surface area contributed by atoms with E-state index in [1.54, 1.807) is 24.3 Å². The monoisotopic (exact) mass is 434 g/mol. The van der Waals surface area contributed by atoms with Gasteiger partial charge in [0, 0.05) is 18.3 Å². The predicted molar refractivity (Wildman–Crippen MR) is 117 cm³/mol. The average molecular weight is 434 g/mol. The van der Waals surface area contributed by atoms with Crippen molar-refractivity contribution in [3.8, 4) is 5.75 Å². The summed E-state index contributed by atoms with van der Waals surface area (Å²) in [7, 11) is 1.53. The maximum absolute atomic E-state index is 13.7. The zero-order valence-corrected chi connectivity index (χ0v) is 17.3. The number of anilines is 1. The van der Waals surface area contributed by atoms with Gasteiger partial charge in [0.2, 0.25) is 0 Å². The zero-order chi connectivity index (χ0) is 22.7. The van der Waals surface area contributed by atoms with E-state index in [2.05, 4.69) is 5.32 Å². The number of imide groups is 1. The second-order valence-corrected chi connectivity index (χ2v) is 7.23. The molecule has 0 fully saturated rings. The Balaban J connectivity index is 1.68. The Morgan fingerprint density at radius 1 is 0.875 bits per heavy atom. The summed E-state index contributed by atoms with van der Waals surface area (Å²) in [4.78, 5) is 27.6. The maximum Gasteiger partial charge on any atom is 0.278 e. The molecule has 7 heteroatoms. The van der Waals surface area contributed by atoms with E-state index in [-0.39, 0.29) is 23.5 Å². The molecule has 1 aliphatic rings. The van der Waals surface area contributed by atoms with Crippen molar-refractivity contribution in [3.63, 3.8) is 0 Å². The molecule has 0 spiro atoms. The average Bonchev–Trinajstić information content (AvgIpc) is 3.04. The van der Waals surface area contributed by atoms with Gasteiger partial charge in [-0.15, -0.1) is 0 Å². The minimum absolute atomic E-state index is 0.0132. The fourth-order valence-corrected chi connectivity index (χ4v) is 3.52. The number of hydrogen-bond acceptors (Lipinski definition) is 4. The highest BCUT2D eigenvalue weighted by molar-refractivity contribution is 6.36. The van der Waals surface area contributed by atoms with E-state index in [1.807, 2.05) is 30.3 Å². The minimum atomic E-state index is -1.06. The molecular formula is C25H20F2N2O3. The molecule has 0 unspecified atom stereocenters. The highest BCUT2D eigenvalue weighted by atomic mass is 19.2. The Labute approximate surface area is 183 Å². The van der Waals surface area contributed by atoms with E-state index < -0.39 is 23.4 Å². The van der Waals surface area contributed by atoms with Crippen LogP contribution >= 0.6 is 0 Å². The highest BCUT2D eigenvalue weighted by Gasteiger charge is 2.39. The van der Waals surface area contributed by atoms with Crippen LogP contribution in [0, 0.1) is 11.6 Å². The number of halogens is 2. The number of benzene rings is 3. The van der Waals surface area contributed by atoms with Crippen LogP contribution in [0.4, 0.5) is 14.5 Å². The Bertz CT molecular complexity index is 1190. The van der Waals surface area contributed by atoms with Gasteiger partial charge in [-0.25, -0.2) is 8.78 Å². The normalized spacial score (nSPS) is 13.7. The van der Waals surface area contributed by atoms with Crippen LogP contribution in [0.5, 0.6) is 5.75 Å². The van der Waals surface area contributed by atoms with Gasteiger partial charge in [0.25, 0.3) is 11.8 Å². The number of amides is 2. The SMILES string of the molecule is COc1ccc(C2=C(Nc3ccc(F)c(F)c3)C(=O)N(CCc3ccccc3)C2=O)cc1. The van der Waals surface area contributed by atoms with Crippen molar-refractivity contribution >= 4 is 23.1 Å². The largest absolute Gasteiger partial charge is 0.497 e. The molecular weight excluding hydrogens is 414 g/mol. The van der Waals surface area contributed by atoms with E-state index in [1.165, 1.54) is 13.2 Å². The Morgan fingerprint density at radius 2 is 1.59 bits per heavy atom. The molecule has 0 aromatic heterocycles. The molecule has 0 saturated heterocycles. The second kappa shape index (κ2) is 9.01. The summed E-state index contributed by atoms with van der Waals surface area (Å²) in [5, 5.41) is 2.82. The van der Waals surface area contributed by atoms with Crippen molar-refractivity contribution in [3.05, 3.63) is 101 Å². The van der Waals surface area contributed by atoms with E-state index in [0.29, 0.717) is 17.7 Å². The molecule has 1 aliphatic heterocycles. The maximum atomic E-state index is 13.7. The lowest BCUT2D eigenvalue weighted by atomic mass is 10.0. The second-order valence-electron chi connectivity index (χ2n) is 7.23. The molecule has 3 aromatic carbocycles. The lowest BCUT2D eigenvalue weighted by Crippen LogP contribution is -2.34. The number of nitrogens with zero attached hydrogens (tertiary/aromatic N) is 1. The van der Waals surface area contributed by atoms with E-state index in [4.69, 9.17) is 4.74 Å². The van der Waals surface area contributed by atoms with E-state index in [9.17, 15) is 18.4 Å². The molecule has 0 saturated carbocycles. The molecule has 1 heterocycles. The predicted octanol–water partition coefficient (Wildman–Crippen LogP) is 4.41. The lowest BCUT2D eigenvalue weighted by Gasteiger charge is -2.15. The molecule has 0 atom stereocenters. The molecule has 3 aromatic rings. The smallest absolute Gasteiger partial charge is 0.278 e. The number of carbonyl (C=O) groups excluding carboxylic acids is 2. The van der Waals surface area contributed by atoms with Gasteiger partial charge < -0.3 is 10.1 Å². The van der Waals surface area contributed by atoms with Crippen LogP contribution < -0.4 is 10.1 Å². The Hall–Kier alpha value is -4.00. The fourth-order valence-electron chi connectivity index (χ4n) is 3.52. The molecule has 4 rings (SSSR count). The molecule has 0 aliphatic carbocycles. The Kier molecular flexibility index (Phi) is 5.98. The van der Waals surface area contributed by atoms with Crippen LogP contribution in [-0.2, 0) is 16.0 Å². The third-order valence-electron chi connectivity index (χ3n) is 5.20. The van der Waals surface area contributed by atoms with Crippen molar-refractivity contribution in [2.24, 2.45) is 0 Å². The van der Waals surface area contributed by atoms with Crippen LogP contribution in [0.2, 0.25) is 0 Å². The van der Waals surface area contributed by atoms with Crippen LogP contribution in [0.3, 0.4) is 0 Å². The zero-order valence-electron chi connectivity index (χ0n) is 17.3. The lowest BCUT2D eigenvalue weighted by molar-refractivity contribution is -0.136. The molecule has 1 N–H and O–H groups in total. The van der Waals surface area contributed by atoms with Gasteiger partial charge in [0.05, 0.1) is 12.7 Å². The first-order valence-electron chi connectivity index (χ1n) is 9.99. The van der Waals surface area contributed by atoms with Crippen molar-refractivity contribution in [1.82, 2.24) is 4.90 Å². The molecule has 5 nitrogen and oxygen atoms in total. The summed E-state index contributed by atoms with van der Waals surface area (Å²) in [5.41, 5.74) is 1.84. The van der Waals surface area contributed by atoms with Gasteiger partial charge in [-0.1, -0.05) is 42.5 Å². The van der Waals surface area contributed by atoms with E-state index >= 15 is 0 Å². The minimum Gasteiger partial charge on any atom is -0.497 e. The van der Waals surface area contributed by atoms with Gasteiger partial charge >= 0.3 is 0 Å². The number of ether oxygens (including phenoxy) is 1. The van der Waals surface area contributed by atoms with Crippen LogP contribution in [0.25, 0.3) is 5.57 Å². The number of hydrogen-bond donors (Lipinski definition) is 1. The molecule has 0 bridgehead atoms. The summed E-state index contributed by atoms with van der Waals surface area (Å²) in [5.74, 6) is -2.44. The summed E-state index contributed by atoms with van der Waals surface area (Å²) in [6, 6.07) is 19.4. The van der Waals surface area contributed by atoms with Crippen LogP contribution in [-0.4, -0.2) is 30.4 Å². The van der Waals surface area contributed by atoms with Gasteiger partial charge in [-0.2, -0.15) is 0 Å². The number of nitrogens with one attached hydrogen (secondary N) is 1. The first-order chi connectivity index (χ1) is 15.5. The third kappa shape index (κ3) is 4.23. The van der Waals surface area contributed by atoms with Crippen molar-refractivity contribution in [2.45, 2.75) is 6.42 Å². The van der Waals surface area contributed by atoms with Gasteiger partial charge in [0.15, 0.2) is 11.6 Å². The summed E-state index contributed by atoms with van der Waals surface area (Å²) in [6.45, 7) is 0.185. The standard InChI is InChI=1S/C25H20F2N2O3/c1-32-19-10-7-17(8-11-19)22-23(28-18-9-12-20(26)21(27)15-18)25(31)29(24(22)30)14-13-16-5-3-2-4-6-16/h2-12,15,28H,13-14H2,1H3. The van der Waals surface area contributed by atoms with Gasteiger partial charge in [0.1, 0.15) is 11.4 Å². The van der Waals surface area contributed by atoms with E-state index in [0.717, 1.165) is 22.6 Å². The number of rotatable bonds is 7. The van der Waals surface area contributed by atoms with Crippen molar-refractivity contribution in [2.75, 3.05) is 19.0 Å². The highest BCUT2D eigenvalue weighted by Crippen LogP contribution is 2.32.